The summed E-state index contributed by atoms with van der Waals surface area (Å²) in [6.07, 6.45) is -0.443. The molecule has 140 valence electrons. The van der Waals surface area contributed by atoms with Crippen molar-refractivity contribution in [1.29, 1.82) is 0 Å². The van der Waals surface area contributed by atoms with E-state index in [9.17, 15) is 18.0 Å². The van der Waals surface area contributed by atoms with E-state index < -0.39 is 11.7 Å². The molecule has 2 aromatic carbocycles. The number of carbonyl (C=O) groups excluding carboxylic acids is 1. The Hall–Kier alpha value is -3.09. The average molecular weight is 373 g/mol. The van der Waals surface area contributed by atoms with Gasteiger partial charge >= 0.3 is 6.18 Å². The first-order valence-electron chi connectivity index (χ1n) is 8.44. The third-order valence-corrected chi connectivity index (χ3v) is 4.11. The average Bonchev–Trinajstić information content (AvgIpc) is 3.08. The van der Waals surface area contributed by atoms with E-state index in [0.29, 0.717) is 16.8 Å². The number of amides is 1. The molecule has 0 radical (unpaired) electrons. The largest absolute Gasteiger partial charge is 0.416 e. The van der Waals surface area contributed by atoms with Crippen molar-refractivity contribution in [3.05, 3.63) is 83.2 Å². The Morgan fingerprint density at radius 2 is 1.85 bits per heavy atom. The molecule has 3 aromatic rings. The van der Waals surface area contributed by atoms with Gasteiger partial charge in [0.1, 0.15) is 0 Å². The summed E-state index contributed by atoms with van der Waals surface area (Å²) in [4.78, 5) is 12.3. The van der Waals surface area contributed by atoms with E-state index in [2.05, 4.69) is 10.4 Å². The van der Waals surface area contributed by atoms with Crippen molar-refractivity contribution in [2.24, 2.45) is 0 Å². The van der Waals surface area contributed by atoms with Gasteiger partial charge in [0.05, 0.1) is 24.0 Å². The summed E-state index contributed by atoms with van der Waals surface area (Å²) < 4.78 is 39.9. The molecular formula is C20H18F3N3O. The molecule has 0 atom stereocenters. The Kier molecular flexibility index (Phi) is 5.30. The fourth-order valence-corrected chi connectivity index (χ4v) is 2.64. The number of alkyl halides is 3. The van der Waals surface area contributed by atoms with Crippen molar-refractivity contribution in [2.45, 2.75) is 26.1 Å². The van der Waals surface area contributed by atoms with E-state index >= 15 is 0 Å². The van der Waals surface area contributed by atoms with E-state index in [1.165, 1.54) is 16.9 Å². The van der Waals surface area contributed by atoms with E-state index in [-0.39, 0.29) is 12.5 Å². The highest BCUT2D eigenvalue weighted by atomic mass is 19.4. The summed E-state index contributed by atoms with van der Waals surface area (Å²) in [5.74, 6) is -0.267. The van der Waals surface area contributed by atoms with Gasteiger partial charge in [0, 0.05) is 11.8 Å². The first-order valence-corrected chi connectivity index (χ1v) is 8.44. The van der Waals surface area contributed by atoms with E-state index in [0.717, 1.165) is 24.1 Å². The van der Waals surface area contributed by atoms with Crippen LogP contribution < -0.4 is 5.32 Å². The van der Waals surface area contributed by atoms with Gasteiger partial charge in [-0.1, -0.05) is 31.2 Å². The van der Waals surface area contributed by atoms with Gasteiger partial charge in [-0.25, -0.2) is 0 Å². The highest BCUT2D eigenvalue weighted by molar-refractivity contribution is 6.04. The lowest BCUT2D eigenvalue weighted by atomic mass is 10.1. The summed E-state index contributed by atoms with van der Waals surface area (Å²) in [6.45, 7) is 2.21. The lowest BCUT2D eigenvalue weighted by Gasteiger charge is -2.08. The number of hydrogen-bond donors (Lipinski definition) is 1. The smallest absolute Gasteiger partial charge is 0.319 e. The molecule has 27 heavy (non-hydrogen) atoms. The zero-order valence-corrected chi connectivity index (χ0v) is 14.6. The van der Waals surface area contributed by atoms with Gasteiger partial charge in [-0.2, -0.15) is 18.3 Å². The quantitative estimate of drug-likeness (QED) is 0.701. The number of benzene rings is 2. The van der Waals surface area contributed by atoms with Crippen LogP contribution in [0.3, 0.4) is 0 Å². The molecule has 1 heterocycles. The van der Waals surface area contributed by atoms with E-state index in [4.69, 9.17) is 0 Å². The van der Waals surface area contributed by atoms with Gasteiger partial charge in [0.15, 0.2) is 0 Å². The van der Waals surface area contributed by atoms with Gasteiger partial charge in [0.2, 0.25) is 0 Å². The lowest BCUT2D eigenvalue weighted by molar-refractivity contribution is -0.137. The molecular weight excluding hydrogens is 355 g/mol. The van der Waals surface area contributed by atoms with Crippen LogP contribution in [0.4, 0.5) is 18.9 Å². The zero-order chi connectivity index (χ0) is 19.4. The second-order valence-electron chi connectivity index (χ2n) is 6.13. The van der Waals surface area contributed by atoms with Crippen molar-refractivity contribution in [2.75, 3.05) is 5.32 Å². The monoisotopic (exact) mass is 373 g/mol. The Morgan fingerprint density at radius 3 is 2.52 bits per heavy atom. The third kappa shape index (κ3) is 4.75. The van der Waals surface area contributed by atoms with Crippen molar-refractivity contribution < 1.29 is 18.0 Å². The molecule has 3 rings (SSSR count). The Morgan fingerprint density at radius 1 is 1.11 bits per heavy atom. The predicted octanol–water partition coefficient (Wildman–Crippen LogP) is 4.76. The SMILES string of the molecule is CCc1ccc(C(=O)Nc2cnn(Cc3cccc(C(F)(F)F)c3)c2)cc1. The van der Waals surface area contributed by atoms with Gasteiger partial charge in [-0.15, -0.1) is 0 Å². The van der Waals surface area contributed by atoms with Gasteiger partial charge in [-0.05, 0) is 41.8 Å². The van der Waals surface area contributed by atoms with Crippen LogP contribution in [-0.4, -0.2) is 15.7 Å². The minimum Gasteiger partial charge on any atom is -0.319 e. The van der Waals surface area contributed by atoms with Crippen LogP contribution >= 0.6 is 0 Å². The molecule has 1 N–H and O–H groups in total. The standard InChI is InChI=1S/C20H18F3N3O/c1-2-14-6-8-16(9-7-14)19(27)25-18-11-24-26(13-18)12-15-4-3-5-17(10-15)20(21,22)23/h3-11,13H,2,12H2,1H3,(H,25,27). The Balaban J connectivity index is 1.67. The highest BCUT2D eigenvalue weighted by Crippen LogP contribution is 2.29. The highest BCUT2D eigenvalue weighted by Gasteiger charge is 2.30. The van der Waals surface area contributed by atoms with Crippen LogP contribution in [0, 0.1) is 0 Å². The number of rotatable bonds is 5. The number of anilines is 1. The van der Waals surface area contributed by atoms with Gasteiger partial charge < -0.3 is 5.32 Å². The van der Waals surface area contributed by atoms with Crippen molar-refractivity contribution in [3.8, 4) is 0 Å². The van der Waals surface area contributed by atoms with Crippen LogP contribution in [0.15, 0.2) is 60.9 Å². The van der Waals surface area contributed by atoms with Crippen molar-refractivity contribution in [1.82, 2.24) is 9.78 Å². The molecule has 0 unspecified atom stereocenters. The number of carbonyl (C=O) groups is 1. The molecule has 7 heteroatoms. The fourth-order valence-electron chi connectivity index (χ4n) is 2.64. The number of aromatic nitrogens is 2. The molecule has 4 nitrogen and oxygen atoms in total. The van der Waals surface area contributed by atoms with Crippen LogP contribution in [0.1, 0.15) is 34.0 Å². The van der Waals surface area contributed by atoms with Crippen LogP contribution in [-0.2, 0) is 19.1 Å². The summed E-state index contributed by atoms with van der Waals surface area (Å²) in [5, 5.41) is 6.83. The first-order chi connectivity index (χ1) is 12.8. The lowest BCUT2D eigenvalue weighted by Crippen LogP contribution is -2.11. The number of aryl methyl sites for hydroxylation is 1. The predicted molar refractivity (Wildman–Crippen MR) is 96.5 cm³/mol. The van der Waals surface area contributed by atoms with Crippen LogP contribution in [0.2, 0.25) is 0 Å². The summed E-state index contributed by atoms with van der Waals surface area (Å²) in [7, 11) is 0. The molecule has 0 aliphatic heterocycles. The molecule has 0 aliphatic rings. The van der Waals surface area contributed by atoms with Gasteiger partial charge in [0.25, 0.3) is 5.91 Å². The maximum absolute atomic E-state index is 12.8. The Bertz CT molecular complexity index is 930. The first kappa shape index (κ1) is 18.7. The van der Waals surface area contributed by atoms with E-state index in [1.54, 1.807) is 24.4 Å². The molecule has 0 spiro atoms. The molecule has 0 bridgehead atoms. The minimum absolute atomic E-state index is 0.172. The second kappa shape index (κ2) is 7.65. The fraction of sp³-hybridized carbons (Fsp3) is 0.200. The molecule has 0 saturated heterocycles. The summed E-state index contributed by atoms with van der Waals surface area (Å²) in [5.41, 5.74) is 1.92. The molecule has 1 amide bonds. The molecule has 1 aromatic heterocycles. The maximum atomic E-state index is 12.8. The van der Waals surface area contributed by atoms with Crippen LogP contribution in [0.5, 0.6) is 0 Å². The van der Waals surface area contributed by atoms with Crippen LogP contribution in [0.25, 0.3) is 0 Å². The van der Waals surface area contributed by atoms with Crippen molar-refractivity contribution >= 4 is 11.6 Å². The number of nitrogens with zero attached hydrogens (tertiary/aromatic N) is 2. The second-order valence-corrected chi connectivity index (χ2v) is 6.13. The molecule has 0 saturated carbocycles. The summed E-state index contributed by atoms with van der Waals surface area (Å²) in [6, 6.07) is 12.4. The van der Waals surface area contributed by atoms with Crippen molar-refractivity contribution in [3.63, 3.8) is 0 Å². The third-order valence-electron chi connectivity index (χ3n) is 4.11. The number of hydrogen-bond acceptors (Lipinski definition) is 2. The summed E-state index contributed by atoms with van der Waals surface area (Å²) >= 11 is 0. The van der Waals surface area contributed by atoms with Gasteiger partial charge in [-0.3, -0.25) is 9.48 Å². The number of nitrogens with one attached hydrogen (secondary N) is 1. The maximum Gasteiger partial charge on any atom is 0.416 e. The van der Waals surface area contributed by atoms with E-state index in [1.807, 2.05) is 19.1 Å². The zero-order valence-electron chi connectivity index (χ0n) is 14.6. The molecule has 0 aliphatic carbocycles. The normalized spacial score (nSPS) is 11.4. The minimum atomic E-state index is -4.38. The molecule has 0 fully saturated rings. The topological polar surface area (TPSA) is 46.9 Å². The number of halogens is 3. The Labute approximate surface area is 154 Å².